The van der Waals surface area contributed by atoms with E-state index in [9.17, 15) is 36.0 Å². The van der Waals surface area contributed by atoms with E-state index >= 15 is 0 Å². The number of alkyl halides is 3. The SMILES string of the molecule is CCC(=O)N(n1c(=O)[nH]c2cc(C(F)(F)F)c(C(CC)OC)cc2c1=O)S(C)(=O)=O. The zero-order chi connectivity index (χ0) is 23.0. The molecule has 0 spiro atoms. The van der Waals surface area contributed by atoms with Crippen LogP contribution in [0.5, 0.6) is 0 Å². The second-order valence-corrected chi connectivity index (χ2v) is 8.23. The fourth-order valence-electron chi connectivity index (χ4n) is 3.04. The highest BCUT2D eigenvalue weighted by molar-refractivity contribution is 7.92. The number of nitrogens with one attached hydrogen (secondary N) is 1. The normalized spacial score (nSPS) is 13.4. The number of hydrogen-bond acceptors (Lipinski definition) is 6. The summed E-state index contributed by atoms with van der Waals surface area (Å²) in [6, 6.07) is 1.48. The van der Waals surface area contributed by atoms with Crippen LogP contribution < -0.4 is 15.7 Å². The van der Waals surface area contributed by atoms with Crippen molar-refractivity contribution in [1.82, 2.24) is 9.66 Å². The lowest BCUT2D eigenvalue weighted by atomic mass is 9.97. The predicted octanol–water partition coefficient (Wildman–Crippen LogP) is 1.64. The van der Waals surface area contributed by atoms with Crippen LogP contribution in [0.1, 0.15) is 43.9 Å². The van der Waals surface area contributed by atoms with Crippen LogP contribution in [-0.4, -0.2) is 37.4 Å². The predicted molar refractivity (Wildman–Crippen MR) is 102 cm³/mol. The molecule has 1 N–H and O–H groups in total. The number of benzene rings is 1. The average Bonchev–Trinajstić information content (AvgIpc) is 2.63. The highest BCUT2D eigenvalue weighted by Crippen LogP contribution is 2.38. The lowest BCUT2D eigenvalue weighted by molar-refractivity contribution is -0.139. The standard InChI is InChI=1S/C17H20F3N3O6S/c1-5-13(29-3)9-7-10-12(8-11(9)17(18,19)20)21-16(26)22(15(10)25)23(14(24)6-2)30(4,27)28/h7-8,13H,5-6H2,1-4H3,(H,21,26). The number of amides is 1. The van der Waals surface area contributed by atoms with E-state index in [-0.39, 0.29) is 27.5 Å². The molecule has 1 aromatic carbocycles. The fraction of sp³-hybridized carbons (Fsp3) is 0.471. The highest BCUT2D eigenvalue weighted by Gasteiger charge is 2.36. The number of fused-ring (bicyclic) bond motifs is 1. The third kappa shape index (κ3) is 4.26. The summed E-state index contributed by atoms with van der Waals surface area (Å²) in [6.07, 6.45) is -5.41. The largest absolute Gasteiger partial charge is 0.416 e. The second-order valence-electron chi connectivity index (χ2n) is 6.42. The minimum Gasteiger partial charge on any atom is -0.377 e. The molecule has 1 aromatic heterocycles. The van der Waals surface area contributed by atoms with E-state index in [4.69, 9.17) is 4.74 Å². The fourth-order valence-corrected chi connectivity index (χ4v) is 3.99. The number of carbonyl (C=O) groups is 1. The Bertz CT molecular complexity index is 1200. The van der Waals surface area contributed by atoms with Crippen molar-refractivity contribution >= 4 is 26.8 Å². The number of aromatic nitrogens is 2. The van der Waals surface area contributed by atoms with Crippen LogP contribution in [-0.2, 0) is 25.7 Å². The van der Waals surface area contributed by atoms with Gasteiger partial charge in [0.1, 0.15) is 0 Å². The zero-order valence-electron chi connectivity index (χ0n) is 16.5. The van der Waals surface area contributed by atoms with Crippen LogP contribution in [0.15, 0.2) is 21.7 Å². The van der Waals surface area contributed by atoms with E-state index in [0.717, 1.165) is 6.07 Å². The van der Waals surface area contributed by atoms with Crippen molar-refractivity contribution < 1.29 is 31.1 Å². The number of rotatable bonds is 6. The maximum Gasteiger partial charge on any atom is 0.416 e. The summed E-state index contributed by atoms with van der Waals surface area (Å²) < 4.78 is 69.9. The van der Waals surface area contributed by atoms with Crippen LogP contribution in [0.2, 0.25) is 0 Å². The summed E-state index contributed by atoms with van der Waals surface area (Å²) in [5.74, 6) is -1.07. The Balaban J connectivity index is 3.01. The van der Waals surface area contributed by atoms with E-state index in [2.05, 4.69) is 4.98 Å². The number of halogens is 3. The van der Waals surface area contributed by atoms with Gasteiger partial charge in [0.05, 0.1) is 28.8 Å². The second kappa shape index (κ2) is 8.22. The molecule has 2 rings (SSSR count). The van der Waals surface area contributed by atoms with Crippen molar-refractivity contribution in [1.29, 1.82) is 0 Å². The van der Waals surface area contributed by atoms with E-state index < -0.39 is 55.9 Å². The Morgan fingerprint density at radius 3 is 2.30 bits per heavy atom. The molecule has 0 saturated heterocycles. The van der Waals surface area contributed by atoms with E-state index in [1.165, 1.54) is 14.0 Å². The number of aromatic amines is 1. The monoisotopic (exact) mass is 451 g/mol. The number of sulfonamides is 1. The van der Waals surface area contributed by atoms with Crippen molar-refractivity contribution in [2.24, 2.45) is 0 Å². The average molecular weight is 451 g/mol. The first kappa shape index (κ1) is 23.6. The molecule has 0 saturated carbocycles. The summed E-state index contributed by atoms with van der Waals surface area (Å²) in [4.78, 5) is 39.5. The molecule has 1 amide bonds. The number of ether oxygens (including phenoxy) is 1. The first-order chi connectivity index (χ1) is 13.8. The van der Waals surface area contributed by atoms with Crippen molar-refractivity contribution in [2.45, 2.75) is 39.0 Å². The van der Waals surface area contributed by atoms with Gasteiger partial charge in [-0.1, -0.05) is 13.8 Å². The first-order valence-corrected chi connectivity index (χ1v) is 10.6. The van der Waals surface area contributed by atoms with Gasteiger partial charge in [0.15, 0.2) is 0 Å². The molecule has 1 atom stereocenters. The molecule has 0 aliphatic rings. The van der Waals surface area contributed by atoms with E-state index in [1.54, 1.807) is 6.92 Å². The molecule has 166 valence electrons. The Kier molecular flexibility index (Phi) is 6.47. The maximum atomic E-state index is 13.6. The smallest absolute Gasteiger partial charge is 0.377 e. The number of nitrogens with zero attached hydrogens (tertiary/aromatic N) is 2. The molecule has 13 heteroatoms. The minimum atomic E-state index is -4.81. The molecule has 9 nitrogen and oxygen atoms in total. The molecule has 1 unspecified atom stereocenters. The van der Waals surface area contributed by atoms with Gasteiger partial charge >= 0.3 is 11.9 Å². The molecule has 0 fully saturated rings. The van der Waals surface area contributed by atoms with Crippen LogP contribution >= 0.6 is 0 Å². The summed E-state index contributed by atoms with van der Waals surface area (Å²) in [7, 11) is -3.18. The van der Waals surface area contributed by atoms with Gasteiger partial charge in [-0.15, -0.1) is 9.09 Å². The number of H-pyrrole nitrogens is 1. The Labute approximate surface area is 169 Å². The molecule has 0 aliphatic carbocycles. The van der Waals surface area contributed by atoms with Crippen molar-refractivity contribution in [3.63, 3.8) is 0 Å². The van der Waals surface area contributed by atoms with E-state index in [1.807, 2.05) is 0 Å². The topological polar surface area (TPSA) is 119 Å². The summed E-state index contributed by atoms with van der Waals surface area (Å²) in [5.41, 5.74) is -4.56. The molecular formula is C17H20F3N3O6S. The van der Waals surface area contributed by atoms with Crippen molar-refractivity contribution in [3.05, 3.63) is 44.1 Å². The first-order valence-electron chi connectivity index (χ1n) is 8.74. The number of methoxy groups -OCH3 is 1. The number of carbonyl (C=O) groups excluding carboxylic acids is 1. The zero-order valence-corrected chi connectivity index (χ0v) is 17.3. The van der Waals surface area contributed by atoms with Crippen LogP contribution in [0, 0.1) is 0 Å². The van der Waals surface area contributed by atoms with Gasteiger partial charge < -0.3 is 9.72 Å². The Hall–Kier alpha value is -2.67. The Morgan fingerprint density at radius 2 is 1.87 bits per heavy atom. The third-order valence-corrected chi connectivity index (χ3v) is 5.36. The van der Waals surface area contributed by atoms with Crippen molar-refractivity contribution in [2.75, 3.05) is 17.8 Å². The third-order valence-electron chi connectivity index (χ3n) is 4.37. The molecule has 0 aliphatic heterocycles. The van der Waals surface area contributed by atoms with Gasteiger partial charge in [0.2, 0.25) is 0 Å². The van der Waals surface area contributed by atoms with Gasteiger partial charge in [-0.2, -0.15) is 13.2 Å². The van der Waals surface area contributed by atoms with E-state index in [0.29, 0.717) is 12.3 Å². The lowest BCUT2D eigenvalue weighted by Crippen LogP contribution is -2.55. The van der Waals surface area contributed by atoms with Gasteiger partial charge in [0.25, 0.3) is 21.5 Å². The van der Waals surface area contributed by atoms with Gasteiger partial charge in [0, 0.05) is 13.5 Å². The molecule has 30 heavy (non-hydrogen) atoms. The van der Waals surface area contributed by atoms with Crippen LogP contribution in [0.3, 0.4) is 0 Å². The van der Waals surface area contributed by atoms with Crippen LogP contribution in [0.25, 0.3) is 10.9 Å². The Morgan fingerprint density at radius 1 is 1.27 bits per heavy atom. The van der Waals surface area contributed by atoms with Gasteiger partial charge in [-0.05, 0) is 24.1 Å². The molecule has 0 bridgehead atoms. The molecule has 0 radical (unpaired) electrons. The van der Waals surface area contributed by atoms with Gasteiger partial charge in [-0.25, -0.2) is 13.2 Å². The quantitative estimate of drug-likeness (QED) is 0.713. The summed E-state index contributed by atoms with van der Waals surface area (Å²) in [5, 5.41) is -0.411. The molecular weight excluding hydrogens is 431 g/mol. The van der Waals surface area contributed by atoms with Gasteiger partial charge in [-0.3, -0.25) is 9.59 Å². The van der Waals surface area contributed by atoms with Crippen LogP contribution in [0.4, 0.5) is 13.2 Å². The minimum absolute atomic E-state index is 0.00141. The number of hydrogen-bond donors (Lipinski definition) is 1. The molecule has 1 heterocycles. The summed E-state index contributed by atoms with van der Waals surface area (Å²) >= 11 is 0. The maximum absolute atomic E-state index is 13.6. The highest BCUT2D eigenvalue weighted by atomic mass is 32.2. The van der Waals surface area contributed by atoms with Crippen molar-refractivity contribution in [3.8, 4) is 0 Å². The molecule has 2 aromatic rings. The summed E-state index contributed by atoms with van der Waals surface area (Å²) in [6.45, 7) is 2.90. The lowest BCUT2D eigenvalue weighted by Gasteiger charge is -2.22.